The largest absolute Gasteiger partial charge is 0.494 e. The fourth-order valence-electron chi connectivity index (χ4n) is 1.49. The highest BCUT2D eigenvalue weighted by Gasteiger charge is 2.08. The molecule has 0 atom stereocenters. The van der Waals surface area contributed by atoms with Gasteiger partial charge in [0.25, 0.3) is 0 Å². The Bertz CT molecular complexity index is 617. The van der Waals surface area contributed by atoms with E-state index in [2.05, 4.69) is 20.0 Å². The summed E-state index contributed by atoms with van der Waals surface area (Å²) in [6.45, 7) is 0. The number of rotatable bonds is 4. The van der Waals surface area contributed by atoms with Crippen LogP contribution in [-0.2, 0) is 4.74 Å². The standard InChI is InChI=1S/C13H12FN3O3/c1-19-11-4-3-8(5-9(11)14)17-12-7-15-10(6-16-12)13(18)20-2/h3-7H,1-2H3,(H,16,17). The maximum atomic E-state index is 13.5. The summed E-state index contributed by atoms with van der Waals surface area (Å²) in [4.78, 5) is 19.1. The Labute approximate surface area is 114 Å². The van der Waals surface area contributed by atoms with E-state index in [9.17, 15) is 9.18 Å². The van der Waals surface area contributed by atoms with Crippen molar-refractivity contribution in [3.8, 4) is 5.75 Å². The SMILES string of the molecule is COC(=O)c1cnc(Nc2ccc(OC)c(F)c2)cn1. The van der Waals surface area contributed by atoms with Gasteiger partial charge in [0, 0.05) is 11.8 Å². The first-order valence-corrected chi connectivity index (χ1v) is 5.65. The number of anilines is 2. The van der Waals surface area contributed by atoms with E-state index in [1.165, 1.54) is 38.7 Å². The third-order valence-corrected chi connectivity index (χ3v) is 2.47. The van der Waals surface area contributed by atoms with Crippen LogP contribution in [0.2, 0.25) is 0 Å². The van der Waals surface area contributed by atoms with Crippen LogP contribution in [0.5, 0.6) is 5.75 Å². The van der Waals surface area contributed by atoms with Gasteiger partial charge < -0.3 is 14.8 Å². The van der Waals surface area contributed by atoms with Crippen molar-refractivity contribution in [2.45, 2.75) is 0 Å². The third-order valence-electron chi connectivity index (χ3n) is 2.47. The van der Waals surface area contributed by atoms with E-state index in [4.69, 9.17) is 4.74 Å². The van der Waals surface area contributed by atoms with Gasteiger partial charge in [-0.1, -0.05) is 0 Å². The lowest BCUT2D eigenvalue weighted by atomic mass is 10.3. The second kappa shape index (κ2) is 5.96. The van der Waals surface area contributed by atoms with Crippen molar-refractivity contribution in [1.82, 2.24) is 9.97 Å². The van der Waals surface area contributed by atoms with Gasteiger partial charge in [-0.2, -0.15) is 0 Å². The van der Waals surface area contributed by atoms with Crippen molar-refractivity contribution in [3.63, 3.8) is 0 Å². The lowest BCUT2D eigenvalue weighted by Crippen LogP contribution is -2.05. The predicted molar refractivity (Wildman–Crippen MR) is 69.6 cm³/mol. The van der Waals surface area contributed by atoms with Crippen LogP contribution in [0.3, 0.4) is 0 Å². The van der Waals surface area contributed by atoms with Gasteiger partial charge in [0.2, 0.25) is 0 Å². The molecule has 0 unspecified atom stereocenters. The molecule has 0 fully saturated rings. The Hall–Kier alpha value is -2.70. The van der Waals surface area contributed by atoms with E-state index in [1.807, 2.05) is 0 Å². The van der Waals surface area contributed by atoms with Crippen LogP contribution in [0.1, 0.15) is 10.5 Å². The van der Waals surface area contributed by atoms with Crippen molar-refractivity contribution in [3.05, 3.63) is 42.1 Å². The fraction of sp³-hybridized carbons (Fsp3) is 0.154. The van der Waals surface area contributed by atoms with Gasteiger partial charge in [-0.3, -0.25) is 0 Å². The summed E-state index contributed by atoms with van der Waals surface area (Å²) in [5.41, 5.74) is 0.586. The first-order valence-electron chi connectivity index (χ1n) is 5.65. The second-order valence-electron chi connectivity index (χ2n) is 3.75. The molecular weight excluding hydrogens is 265 g/mol. The normalized spacial score (nSPS) is 9.95. The van der Waals surface area contributed by atoms with Gasteiger partial charge in [-0.05, 0) is 12.1 Å². The van der Waals surface area contributed by atoms with Crippen molar-refractivity contribution in [2.75, 3.05) is 19.5 Å². The number of methoxy groups -OCH3 is 2. The zero-order valence-corrected chi connectivity index (χ0v) is 10.9. The average Bonchev–Trinajstić information content (AvgIpc) is 2.47. The summed E-state index contributed by atoms with van der Waals surface area (Å²) in [6, 6.07) is 4.40. The molecule has 104 valence electrons. The highest BCUT2D eigenvalue weighted by atomic mass is 19.1. The molecule has 0 spiro atoms. The monoisotopic (exact) mass is 277 g/mol. The average molecular weight is 277 g/mol. The van der Waals surface area contributed by atoms with Gasteiger partial charge >= 0.3 is 5.97 Å². The van der Waals surface area contributed by atoms with E-state index in [1.54, 1.807) is 6.07 Å². The predicted octanol–water partition coefficient (Wildman–Crippen LogP) is 2.15. The van der Waals surface area contributed by atoms with Crippen molar-refractivity contribution in [1.29, 1.82) is 0 Å². The first kappa shape index (κ1) is 13.7. The van der Waals surface area contributed by atoms with E-state index >= 15 is 0 Å². The molecule has 0 saturated carbocycles. The number of carbonyl (C=O) groups is 1. The number of esters is 1. The molecule has 0 amide bonds. The molecule has 0 bridgehead atoms. The second-order valence-corrected chi connectivity index (χ2v) is 3.75. The van der Waals surface area contributed by atoms with Gasteiger partial charge in [0.1, 0.15) is 5.82 Å². The number of hydrogen-bond donors (Lipinski definition) is 1. The Kier molecular flexibility index (Phi) is 4.09. The highest BCUT2D eigenvalue weighted by Crippen LogP contribution is 2.22. The number of ether oxygens (including phenoxy) is 2. The number of benzene rings is 1. The minimum Gasteiger partial charge on any atom is -0.494 e. The molecule has 1 N–H and O–H groups in total. The Morgan fingerprint density at radius 2 is 2.05 bits per heavy atom. The number of halogens is 1. The molecule has 0 radical (unpaired) electrons. The smallest absolute Gasteiger partial charge is 0.358 e. The molecule has 2 aromatic rings. The molecule has 20 heavy (non-hydrogen) atoms. The van der Waals surface area contributed by atoms with Gasteiger partial charge in [-0.25, -0.2) is 19.2 Å². The van der Waals surface area contributed by atoms with Crippen LogP contribution in [0.15, 0.2) is 30.6 Å². The van der Waals surface area contributed by atoms with Crippen LogP contribution >= 0.6 is 0 Å². The summed E-state index contributed by atoms with van der Waals surface area (Å²) >= 11 is 0. The molecule has 7 heteroatoms. The summed E-state index contributed by atoms with van der Waals surface area (Å²) in [5.74, 6) is -0.527. The van der Waals surface area contributed by atoms with Crippen molar-refractivity contribution in [2.24, 2.45) is 0 Å². The molecule has 0 saturated heterocycles. The van der Waals surface area contributed by atoms with E-state index in [0.29, 0.717) is 11.5 Å². The third kappa shape index (κ3) is 3.00. The molecule has 1 aromatic carbocycles. The molecule has 0 aliphatic rings. The maximum Gasteiger partial charge on any atom is 0.358 e. The van der Waals surface area contributed by atoms with Gasteiger partial charge in [0.15, 0.2) is 17.3 Å². The topological polar surface area (TPSA) is 73.3 Å². The lowest BCUT2D eigenvalue weighted by molar-refractivity contribution is 0.0593. The fourth-order valence-corrected chi connectivity index (χ4v) is 1.49. The van der Waals surface area contributed by atoms with Crippen LogP contribution in [0.4, 0.5) is 15.9 Å². The summed E-state index contributed by atoms with van der Waals surface area (Å²) in [5, 5.41) is 2.86. The summed E-state index contributed by atoms with van der Waals surface area (Å²) in [6.07, 6.45) is 2.63. The van der Waals surface area contributed by atoms with Crippen molar-refractivity contribution < 1.29 is 18.7 Å². The van der Waals surface area contributed by atoms with Crippen molar-refractivity contribution >= 4 is 17.5 Å². The summed E-state index contributed by atoms with van der Waals surface area (Å²) in [7, 11) is 2.65. The lowest BCUT2D eigenvalue weighted by Gasteiger charge is -2.07. The number of aromatic nitrogens is 2. The van der Waals surface area contributed by atoms with Crippen LogP contribution in [0.25, 0.3) is 0 Å². The number of hydrogen-bond acceptors (Lipinski definition) is 6. The minimum absolute atomic E-state index is 0.0963. The molecule has 0 aliphatic carbocycles. The van der Waals surface area contributed by atoms with Crippen LogP contribution < -0.4 is 10.1 Å². The van der Waals surface area contributed by atoms with E-state index in [0.717, 1.165) is 0 Å². The molecule has 2 rings (SSSR count). The molecule has 1 aromatic heterocycles. The Morgan fingerprint density at radius 3 is 2.60 bits per heavy atom. The number of nitrogens with one attached hydrogen (secondary N) is 1. The van der Waals surface area contributed by atoms with E-state index < -0.39 is 11.8 Å². The Morgan fingerprint density at radius 1 is 1.25 bits per heavy atom. The minimum atomic E-state index is -0.570. The molecule has 0 aliphatic heterocycles. The zero-order valence-electron chi connectivity index (χ0n) is 10.9. The maximum absolute atomic E-state index is 13.5. The zero-order chi connectivity index (χ0) is 14.5. The molecule has 1 heterocycles. The van der Waals surface area contributed by atoms with Crippen LogP contribution in [-0.4, -0.2) is 30.2 Å². The number of nitrogens with zero attached hydrogens (tertiary/aromatic N) is 2. The molecular formula is C13H12FN3O3. The number of carbonyl (C=O) groups excluding carboxylic acids is 1. The Balaban J connectivity index is 2.14. The van der Waals surface area contributed by atoms with Gasteiger partial charge in [0.05, 0.1) is 26.6 Å². The summed E-state index contributed by atoms with van der Waals surface area (Å²) < 4.78 is 22.8. The molecule has 6 nitrogen and oxygen atoms in total. The highest BCUT2D eigenvalue weighted by molar-refractivity contribution is 5.86. The van der Waals surface area contributed by atoms with Gasteiger partial charge in [-0.15, -0.1) is 0 Å². The van der Waals surface area contributed by atoms with Crippen LogP contribution in [0, 0.1) is 5.82 Å². The quantitative estimate of drug-likeness (QED) is 0.863. The van der Waals surface area contributed by atoms with E-state index in [-0.39, 0.29) is 11.4 Å². The first-order chi connectivity index (χ1) is 9.63.